The highest BCUT2D eigenvalue weighted by molar-refractivity contribution is 7.91. The lowest BCUT2D eigenvalue weighted by molar-refractivity contribution is 0.437. The van der Waals surface area contributed by atoms with E-state index in [-0.39, 0.29) is 6.04 Å². The first-order valence-electron chi connectivity index (χ1n) is 5.94. The third-order valence-electron chi connectivity index (χ3n) is 2.84. The van der Waals surface area contributed by atoms with Gasteiger partial charge in [0.05, 0.1) is 0 Å². The van der Waals surface area contributed by atoms with Crippen molar-refractivity contribution >= 4 is 21.4 Å². The Morgan fingerprint density at radius 1 is 1.61 bits per heavy atom. The number of hydrogen-bond donors (Lipinski definition) is 1. The Kier molecular flexibility index (Phi) is 4.21. The van der Waals surface area contributed by atoms with E-state index in [1.807, 2.05) is 12.4 Å². The first-order chi connectivity index (χ1) is 8.59. The van der Waals surface area contributed by atoms with Crippen LogP contribution in [0.4, 0.5) is 0 Å². The molecule has 1 heterocycles. The van der Waals surface area contributed by atoms with Crippen LogP contribution < -0.4 is 5.32 Å². The second-order valence-corrected chi connectivity index (χ2v) is 7.43. The highest BCUT2D eigenvalue weighted by atomic mass is 32.2. The summed E-state index contributed by atoms with van der Waals surface area (Å²) in [6.45, 7) is 4.73. The maximum atomic E-state index is 12.5. The van der Waals surface area contributed by atoms with E-state index in [4.69, 9.17) is 0 Å². The summed E-state index contributed by atoms with van der Waals surface area (Å²) in [6.07, 6.45) is 3.57. The van der Waals surface area contributed by atoms with E-state index in [0.29, 0.717) is 17.3 Å². The molecule has 1 aromatic heterocycles. The fourth-order valence-corrected chi connectivity index (χ4v) is 4.83. The maximum Gasteiger partial charge on any atom is 0.253 e. The van der Waals surface area contributed by atoms with Gasteiger partial charge in [-0.1, -0.05) is 6.08 Å². The van der Waals surface area contributed by atoms with Gasteiger partial charge in [-0.2, -0.15) is 4.31 Å². The van der Waals surface area contributed by atoms with Crippen molar-refractivity contribution in [2.45, 2.75) is 29.6 Å². The van der Waals surface area contributed by atoms with Gasteiger partial charge >= 0.3 is 0 Å². The topological polar surface area (TPSA) is 49.4 Å². The SMILES string of the molecule is C=CCN(C1CC1)S(=O)(=O)c1cc(CNC)cs1. The van der Waals surface area contributed by atoms with Crippen LogP contribution >= 0.6 is 11.3 Å². The molecule has 1 aliphatic rings. The van der Waals surface area contributed by atoms with Gasteiger partial charge in [-0.3, -0.25) is 0 Å². The lowest BCUT2D eigenvalue weighted by Crippen LogP contribution is -2.32. The van der Waals surface area contributed by atoms with Crippen molar-refractivity contribution in [2.75, 3.05) is 13.6 Å². The molecule has 0 bridgehead atoms. The Balaban J connectivity index is 2.24. The Labute approximate surface area is 112 Å². The Hall–Kier alpha value is -0.690. The molecule has 0 spiro atoms. The van der Waals surface area contributed by atoms with Gasteiger partial charge in [0, 0.05) is 19.1 Å². The summed E-state index contributed by atoms with van der Waals surface area (Å²) in [5.41, 5.74) is 1.01. The van der Waals surface area contributed by atoms with Crippen LogP contribution in [0.2, 0.25) is 0 Å². The van der Waals surface area contributed by atoms with E-state index in [1.165, 1.54) is 11.3 Å². The van der Waals surface area contributed by atoms with Gasteiger partial charge in [0.1, 0.15) is 4.21 Å². The fourth-order valence-electron chi connectivity index (χ4n) is 1.83. The molecule has 4 nitrogen and oxygen atoms in total. The molecule has 2 rings (SSSR count). The molecule has 0 aliphatic heterocycles. The highest BCUT2D eigenvalue weighted by Crippen LogP contribution is 2.33. The summed E-state index contributed by atoms with van der Waals surface area (Å²) < 4.78 is 27.0. The van der Waals surface area contributed by atoms with E-state index in [9.17, 15) is 8.42 Å². The average molecular weight is 286 g/mol. The van der Waals surface area contributed by atoms with Crippen LogP contribution in [0.3, 0.4) is 0 Å². The molecule has 1 saturated carbocycles. The summed E-state index contributed by atoms with van der Waals surface area (Å²) in [7, 11) is -1.50. The van der Waals surface area contributed by atoms with Crippen molar-refractivity contribution < 1.29 is 8.42 Å². The van der Waals surface area contributed by atoms with Gasteiger partial charge in [-0.05, 0) is 36.9 Å². The summed E-state index contributed by atoms with van der Waals surface area (Å²) in [5.74, 6) is 0. The molecule has 6 heteroatoms. The number of nitrogens with zero attached hydrogens (tertiary/aromatic N) is 1. The number of rotatable bonds is 7. The molecule has 100 valence electrons. The summed E-state index contributed by atoms with van der Waals surface area (Å²) in [6, 6.07) is 1.93. The van der Waals surface area contributed by atoms with E-state index in [1.54, 1.807) is 16.4 Å². The monoisotopic (exact) mass is 286 g/mol. The van der Waals surface area contributed by atoms with Crippen LogP contribution in [0.1, 0.15) is 18.4 Å². The largest absolute Gasteiger partial charge is 0.316 e. The van der Waals surface area contributed by atoms with E-state index in [2.05, 4.69) is 11.9 Å². The molecule has 1 aromatic rings. The van der Waals surface area contributed by atoms with Crippen LogP contribution in [-0.4, -0.2) is 32.4 Å². The number of nitrogens with one attached hydrogen (secondary N) is 1. The smallest absolute Gasteiger partial charge is 0.253 e. The Morgan fingerprint density at radius 2 is 2.33 bits per heavy atom. The minimum atomic E-state index is -3.34. The van der Waals surface area contributed by atoms with Crippen LogP contribution in [0.25, 0.3) is 0 Å². The van der Waals surface area contributed by atoms with Gasteiger partial charge in [-0.15, -0.1) is 17.9 Å². The van der Waals surface area contributed by atoms with E-state index in [0.717, 1.165) is 18.4 Å². The van der Waals surface area contributed by atoms with Crippen molar-refractivity contribution in [1.29, 1.82) is 0 Å². The molecule has 0 amide bonds. The van der Waals surface area contributed by atoms with Gasteiger partial charge in [0.2, 0.25) is 0 Å². The lowest BCUT2D eigenvalue weighted by atomic mass is 10.3. The minimum absolute atomic E-state index is 0.169. The Morgan fingerprint density at radius 3 is 2.89 bits per heavy atom. The number of hydrogen-bond acceptors (Lipinski definition) is 4. The van der Waals surface area contributed by atoms with E-state index >= 15 is 0 Å². The molecule has 18 heavy (non-hydrogen) atoms. The zero-order valence-corrected chi connectivity index (χ0v) is 12.1. The van der Waals surface area contributed by atoms with Gasteiger partial charge < -0.3 is 5.32 Å². The van der Waals surface area contributed by atoms with Gasteiger partial charge in [0.15, 0.2) is 0 Å². The standard InChI is InChI=1S/C12H18N2O2S2/c1-3-6-14(11-4-5-11)18(15,16)12-7-10(8-13-2)9-17-12/h3,7,9,11,13H,1,4-6,8H2,2H3. The summed E-state index contributed by atoms with van der Waals surface area (Å²) >= 11 is 1.29. The highest BCUT2D eigenvalue weighted by Gasteiger charge is 2.37. The fraction of sp³-hybridized carbons (Fsp3) is 0.500. The van der Waals surface area contributed by atoms with Gasteiger partial charge in [-0.25, -0.2) is 8.42 Å². The molecule has 1 N–H and O–H groups in total. The zero-order chi connectivity index (χ0) is 13.2. The molecule has 1 aliphatic carbocycles. The quantitative estimate of drug-likeness (QED) is 0.778. The third kappa shape index (κ3) is 2.83. The van der Waals surface area contributed by atoms with Crippen molar-refractivity contribution in [3.05, 3.63) is 29.7 Å². The van der Waals surface area contributed by atoms with Crippen LogP contribution in [0.15, 0.2) is 28.3 Å². The predicted molar refractivity (Wildman–Crippen MR) is 74.2 cm³/mol. The Bertz CT molecular complexity index is 518. The molecule has 0 radical (unpaired) electrons. The van der Waals surface area contributed by atoms with Crippen molar-refractivity contribution in [3.63, 3.8) is 0 Å². The normalized spacial score (nSPS) is 16.1. The zero-order valence-electron chi connectivity index (χ0n) is 10.4. The minimum Gasteiger partial charge on any atom is -0.316 e. The van der Waals surface area contributed by atoms with Gasteiger partial charge in [0.25, 0.3) is 10.0 Å². The predicted octanol–water partition coefficient (Wildman–Crippen LogP) is 1.81. The van der Waals surface area contributed by atoms with Crippen molar-refractivity contribution in [3.8, 4) is 0 Å². The summed E-state index contributed by atoms with van der Waals surface area (Å²) in [4.78, 5) is 0. The van der Waals surface area contributed by atoms with Crippen molar-refractivity contribution in [1.82, 2.24) is 9.62 Å². The molecule has 0 atom stereocenters. The first-order valence-corrected chi connectivity index (χ1v) is 8.26. The van der Waals surface area contributed by atoms with Crippen LogP contribution in [-0.2, 0) is 16.6 Å². The average Bonchev–Trinajstić information content (AvgIpc) is 3.05. The summed E-state index contributed by atoms with van der Waals surface area (Å²) in [5, 5.41) is 4.91. The molecular formula is C12H18N2O2S2. The van der Waals surface area contributed by atoms with Crippen LogP contribution in [0.5, 0.6) is 0 Å². The lowest BCUT2D eigenvalue weighted by Gasteiger charge is -2.18. The second kappa shape index (κ2) is 5.52. The first kappa shape index (κ1) is 13.7. The molecule has 0 aromatic carbocycles. The van der Waals surface area contributed by atoms with Crippen LogP contribution in [0, 0.1) is 0 Å². The number of sulfonamides is 1. The maximum absolute atomic E-state index is 12.5. The second-order valence-electron chi connectivity index (χ2n) is 4.40. The third-order valence-corrected chi connectivity index (χ3v) is 6.22. The van der Waals surface area contributed by atoms with E-state index < -0.39 is 10.0 Å². The number of thiophene rings is 1. The molecule has 1 fully saturated rings. The molecular weight excluding hydrogens is 268 g/mol. The van der Waals surface area contributed by atoms with Crippen molar-refractivity contribution in [2.24, 2.45) is 0 Å². The molecule has 0 saturated heterocycles. The molecule has 0 unspecified atom stereocenters.